The molecule has 0 bridgehead atoms. The maximum atomic E-state index is 2.42. The molecule has 1 aliphatic carbocycles. The normalized spacial score (nSPS) is 21.6. The van der Waals surface area contributed by atoms with Gasteiger partial charge in [-0.05, 0) is 59.8 Å². The van der Waals surface area contributed by atoms with Gasteiger partial charge in [-0.3, -0.25) is 0 Å². The van der Waals surface area contributed by atoms with Crippen LogP contribution in [0.5, 0.6) is 0 Å². The Morgan fingerprint density at radius 1 is 1.00 bits per heavy atom. The lowest BCUT2D eigenvalue weighted by atomic mass is 9.63. The van der Waals surface area contributed by atoms with Crippen LogP contribution in [0.2, 0.25) is 0 Å². The molecule has 0 nitrogen and oxygen atoms in total. The van der Waals surface area contributed by atoms with Crippen LogP contribution in [-0.4, -0.2) is 0 Å². The molecule has 0 atom stereocenters. The first kappa shape index (κ1) is 13.4. The summed E-state index contributed by atoms with van der Waals surface area (Å²) in [6.45, 7) is 13.8. The Morgan fingerprint density at radius 3 is 2.11 bits per heavy atom. The molecule has 2 rings (SSSR count). The fourth-order valence-electron chi connectivity index (χ4n) is 3.00. The van der Waals surface area contributed by atoms with Crippen molar-refractivity contribution in [2.45, 2.75) is 65.2 Å². The zero-order chi connectivity index (χ0) is 13.6. The Balaban J connectivity index is 2.62. The minimum absolute atomic E-state index is 0.314. The molecule has 0 unspecified atom stereocenters. The van der Waals surface area contributed by atoms with E-state index in [1.807, 2.05) is 0 Å². The highest BCUT2D eigenvalue weighted by molar-refractivity contribution is 5.65. The fraction of sp³-hybridized carbons (Fsp3) is 0.556. The molecule has 0 spiro atoms. The van der Waals surface area contributed by atoms with Crippen LogP contribution in [0.1, 0.15) is 71.1 Å². The summed E-state index contributed by atoms with van der Waals surface area (Å²) < 4.78 is 0. The molecule has 0 radical (unpaired) electrons. The maximum Gasteiger partial charge on any atom is -0.0100 e. The van der Waals surface area contributed by atoms with Gasteiger partial charge in [0.1, 0.15) is 0 Å². The highest BCUT2D eigenvalue weighted by atomic mass is 14.4. The summed E-state index contributed by atoms with van der Waals surface area (Å²) >= 11 is 0. The first-order chi connectivity index (χ1) is 8.28. The van der Waals surface area contributed by atoms with Crippen LogP contribution in [0.25, 0.3) is 5.57 Å². The summed E-state index contributed by atoms with van der Waals surface area (Å²) in [6, 6.07) is 7.07. The van der Waals surface area contributed by atoms with Crippen LogP contribution in [0.4, 0.5) is 0 Å². The first-order valence-electron chi connectivity index (χ1n) is 7.06. The highest BCUT2D eigenvalue weighted by Crippen LogP contribution is 2.46. The molecule has 1 aromatic carbocycles. The van der Waals surface area contributed by atoms with Gasteiger partial charge in [0, 0.05) is 0 Å². The molecule has 18 heavy (non-hydrogen) atoms. The molecular formula is C18H26. The van der Waals surface area contributed by atoms with Crippen LogP contribution in [-0.2, 0) is 10.8 Å². The molecule has 1 aliphatic rings. The third-order valence-corrected chi connectivity index (χ3v) is 4.74. The van der Waals surface area contributed by atoms with Gasteiger partial charge in [-0.1, -0.05) is 52.0 Å². The van der Waals surface area contributed by atoms with Gasteiger partial charge in [-0.15, -0.1) is 0 Å². The van der Waals surface area contributed by atoms with Crippen molar-refractivity contribution in [3.05, 3.63) is 41.0 Å². The van der Waals surface area contributed by atoms with Gasteiger partial charge in [-0.2, -0.15) is 0 Å². The minimum atomic E-state index is 0.314. The summed E-state index contributed by atoms with van der Waals surface area (Å²) in [5, 5.41) is 0. The smallest absolute Gasteiger partial charge is 0.0100 e. The van der Waals surface area contributed by atoms with Crippen LogP contribution in [0.15, 0.2) is 24.3 Å². The molecule has 0 saturated carbocycles. The van der Waals surface area contributed by atoms with Gasteiger partial charge in [0.05, 0.1) is 0 Å². The molecular weight excluding hydrogens is 216 g/mol. The molecule has 0 aromatic heterocycles. The van der Waals surface area contributed by atoms with Gasteiger partial charge >= 0.3 is 0 Å². The average molecular weight is 242 g/mol. The van der Waals surface area contributed by atoms with Crippen molar-refractivity contribution in [2.75, 3.05) is 0 Å². The van der Waals surface area contributed by atoms with Gasteiger partial charge in [0.15, 0.2) is 0 Å². The minimum Gasteiger partial charge on any atom is -0.0841 e. The Bertz CT molecular complexity index is 487. The van der Waals surface area contributed by atoms with Crippen molar-refractivity contribution in [1.82, 2.24) is 0 Å². The lowest BCUT2D eigenvalue weighted by molar-refractivity contribution is 0.332. The second-order valence-corrected chi connectivity index (χ2v) is 7.00. The van der Waals surface area contributed by atoms with E-state index in [0.717, 1.165) is 0 Å². The second-order valence-electron chi connectivity index (χ2n) is 7.00. The molecule has 0 heteroatoms. The van der Waals surface area contributed by atoms with Crippen molar-refractivity contribution < 1.29 is 0 Å². The number of fused-ring (bicyclic) bond motifs is 1. The largest absolute Gasteiger partial charge is 0.0841 e. The quantitative estimate of drug-likeness (QED) is 0.613. The van der Waals surface area contributed by atoms with E-state index in [2.05, 4.69) is 65.8 Å². The third-order valence-electron chi connectivity index (χ3n) is 4.74. The lowest BCUT2D eigenvalue weighted by Crippen LogP contribution is -2.33. The van der Waals surface area contributed by atoms with Crippen LogP contribution in [0, 0.1) is 0 Å². The summed E-state index contributed by atoms with van der Waals surface area (Å²) in [5.74, 6) is 0. The van der Waals surface area contributed by atoms with Gasteiger partial charge in [0.2, 0.25) is 0 Å². The molecule has 0 amide bonds. The van der Waals surface area contributed by atoms with E-state index in [1.54, 1.807) is 11.1 Å². The van der Waals surface area contributed by atoms with E-state index in [4.69, 9.17) is 0 Å². The van der Waals surface area contributed by atoms with Crippen molar-refractivity contribution in [2.24, 2.45) is 0 Å². The lowest BCUT2D eigenvalue weighted by Gasteiger charge is -2.42. The van der Waals surface area contributed by atoms with E-state index in [0.29, 0.717) is 10.8 Å². The molecule has 1 aromatic rings. The molecule has 0 heterocycles. The molecule has 0 aliphatic heterocycles. The average Bonchev–Trinajstić information content (AvgIpc) is 2.34. The summed E-state index contributed by atoms with van der Waals surface area (Å²) in [4.78, 5) is 0. The van der Waals surface area contributed by atoms with Crippen molar-refractivity contribution in [3.63, 3.8) is 0 Å². The van der Waals surface area contributed by atoms with E-state index >= 15 is 0 Å². The van der Waals surface area contributed by atoms with E-state index in [1.165, 1.54) is 24.0 Å². The van der Waals surface area contributed by atoms with E-state index in [9.17, 15) is 0 Å². The number of allylic oxidation sites excluding steroid dienone is 2. The Morgan fingerprint density at radius 2 is 1.56 bits per heavy atom. The Labute approximate surface area is 112 Å². The van der Waals surface area contributed by atoms with Crippen LogP contribution >= 0.6 is 0 Å². The topological polar surface area (TPSA) is 0 Å². The van der Waals surface area contributed by atoms with Gasteiger partial charge in [0.25, 0.3) is 0 Å². The van der Waals surface area contributed by atoms with Gasteiger partial charge < -0.3 is 0 Å². The standard InChI is InChI=1S/C18H26/c1-7-13(2)14-8-9-15-16(12-14)18(5,6)11-10-17(15,3)4/h7-9,12H,10-11H2,1-6H3. The van der Waals surface area contributed by atoms with Crippen LogP contribution in [0.3, 0.4) is 0 Å². The van der Waals surface area contributed by atoms with Crippen molar-refractivity contribution in [3.8, 4) is 0 Å². The molecule has 0 N–H and O–H groups in total. The Hall–Kier alpha value is -1.04. The van der Waals surface area contributed by atoms with Crippen LogP contribution < -0.4 is 0 Å². The van der Waals surface area contributed by atoms with E-state index < -0.39 is 0 Å². The predicted octanol–water partition coefficient (Wildman–Crippen LogP) is 5.46. The van der Waals surface area contributed by atoms with Crippen molar-refractivity contribution >= 4 is 5.57 Å². The maximum absolute atomic E-state index is 2.42. The summed E-state index contributed by atoms with van der Waals surface area (Å²) in [6.07, 6.45) is 4.77. The van der Waals surface area contributed by atoms with Crippen molar-refractivity contribution in [1.29, 1.82) is 0 Å². The SMILES string of the molecule is CC=C(C)c1ccc2c(c1)C(C)(C)CCC2(C)C. The summed E-state index contributed by atoms with van der Waals surface area (Å²) in [7, 11) is 0. The molecule has 98 valence electrons. The second kappa shape index (κ2) is 4.26. The zero-order valence-corrected chi connectivity index (χ0v) is 12.7. The number of benzene rings is 1. The Kier molecular flexibility index (Phi) is 3.17. The number of hydrogen-bond donors (Lipinski definition) is 0. The monoisotopic (exact) mass is 242 g/mol. The summed E-state index contributed by atoms with van der Waals surface area (Å²) in [5.41, 5.74) is 6.49. The molecule has 0 saturated heterocycles. The van der Waals surface area contributed by atoms with Gasteiger partial charge in [-0.25, -0.2) is 0 Å². The zero-order valence-electron chi connectivity index (χ0n) is 12.7. The van der Waals surface area contributed by atoms with E-state index in [-0.39, 0.29) is 0 Å². The first-order valence-corrected chi connectivity index (χ1v) is 7.06. The third kappa shape index (κ3) is 2.13. The highest BCUT2D eigenvalue weighted by Gasteiger charge is 2.36. The predicted molar refractivity (Wildman–Crippen MR) is 81.1 cm³/mol. The number of rotatable bonds is 1. The fourth-order valence-corrected chi connectivity index (χ4v) is 3.00. The molecule has 0 fully saturated rings. The number of hydrogen-bond acceptors (Lipinski definition) is 0.